The van der Waals surface area contributed by atoms with Gasteiger partial charge in [-0.3, -0.25) is 9.59 Å². The van der Waals surface area contributed by atoms with Crippen LogP contribution in [0.5, 0.6) is 0 Å². The van der Waals surface area contributed by atoms with Crippen molar-refractivity contribution in [3.63, 3.8) is 0 Å². The number of nitrogens with one attached hydrogen (secondary N) is 1. The van der Waals surface area contributed by atoms with Gasteiger partial charge in [-0.25, -0.2) is 0 Å². The van der Waals surface area contributed by atoms with Crippen molar-refractivity contribution in [1.29, 1.82) is 0 Å². The highest BCUT2D eigenvalue weighted by Gasteiger charge is 2.07. The van der Waals surface area contributed by atoms with Gasteiger partial charge in [0.25, 0.3) is 5.56 Å². The Hall–Kier alpha value is -1.38. The van der Waals surface area contributed by atoms with Gasteiger partial charge in [0.15, 0.2) is 5.78 Å². The summed E-state index contributed by atoms with van der Waals surface area (Å²) in [6.07, 6.45) is 1.45. The van der Waals surface area contributed by atoms with Gasteiger partial charge in [0.2, 0.25) is 0 Å². The Morgan fingerprint density at radius 3 is 2.54 bits per heavy atom. The third kappa shape index (κ3) is 2.05. The Kier molecular flexibility index (Phi) is 2.66. The van der Waals surface area contributed by atoms with Gasteiger partial charge >= 0.3 is 0 Å². The van der Waals surface area contributed by atoms with Crippen LogP contribution in [-0.4, -0.2) is 10.8 Å². The molecule has 0 amide bonds. The molecular weight excluding hydrogens is 166 g/mol. The summed E-state index contributed by atoms with van der Waals surface area (Å²) < 4.78 is 0. The first-order valence-corrected chi connectivity index (χ1v) is 4.26. The van der Waals surface area contributed by atoms with E-state index in [0.29, 0.717) is 11.1 Å². The summed E-state index contributed by atoms with van der Waals surface area (Å²) in [4.78, 5) is 24.8. The van der Waals surface area contributed by atoms with Crippen LogP contribution < -0.4 is 5.56 Å². The number of carbonyl (C=O) groups excluding carboxylic acids is 1. The number of pyridine rings is 1. The molecule has 0 fully saturated rings. The number of Topliss-reactive ketones (excluding diaryl/α,β-unsaturated/α-hetero) is 1. The van der Waals surface area contributed by atoms with Gasteiger partial charge in [0.05, 0.1) is 0 Å². The first-order valence-electron chi connectivity index (χ1n) is 4.26. The molecule has 3 heteroatoms. The summed E-state index contributed by atoms with van der Waals surface area (Å²) in [6, 6.07) is 1.66. The zero-order valence-electron chi connectivity index (χ0n) is 8.05. The van der Waals surface area contributed by atoms with E-state index in [2.05, 4.69) is 4.98 Å². The van der Waals surface area contributed by atoms with Gasteiger partial charge in [0, 0.05) is 17.3 Å². The van der Waals surface area contributed by atoms with E-state index in [0.717, 1.165) is 0 Å². The third-order valence-corrected chi connectivity index (χ3v) is 1.96. The molecule has 0 spiro atoms. The summed E-state index contributed by atoms with van der Waals surface area (Å²) >= 11 is 0. The summed E-state index contributed by atoms with van der Waals surface area (Å²) in [5.74, 6) is 0.112. The van der Waals surface area contributed by atoms with E-state index < -0.39 is 0 Å². The first-order chi connectivity index (χ1) is 6.02. The molecule has 0 saturated carbocycles. The molecule has 3 nitrogen and oxygen atoms in total. The molecule has 0 radical (unpaired) electrons. The molecule has 1 N–H and O–H groups in total. The number of hydrogen-bond donors (Lipinski definition) is 1. The molecule has 1 aromatic heterocycles. The highest BCUT2D eigenvalue weighted by molar-refractivity contribution is 5.93. The Balaban J connectivity index is 3.27. The normalized spacial score (nSPS) is 10.5. The van der Waals surface area contributed by atoms with Crippen molar-refractivity contribution < 1.29 is 4.79 Å². The Morgan fingerprint density at radius 1 is 1.46 bits per heavy atom. The molecule has 0 aliphatic rings. The topological polar surface area (TPSA) is 49.9 Å². The Bertz CT molecular complexity index is 377. The molecule has 0 bridgehead atoms. The quantitative estimate of drug-likeness (QED) is 0.702. The van der Waals surface area contributed by atoms with E-state index in [1.54, 1.807) is 6.07 Å². The van der Waals surface area contributed by atoms with Crippen LogP contribution in [0.25, 0.3) is 0 Å². The zero-order chi connectivity index (χ0) is 10.0. The minimum atomic E-state index is -0.111. The molecule has 0 aliphatic carbocycles. The number of hydrogen-bond acceptors (Lipinski definition) is 2. The Morgan fingerprint density at radius 2 is 2.08 bits per heavy atom. The van der Waals surface area contributed by atoms with E-state index in [9.17, 15) is 9.59 Å². The molecule has 0 aliphatic heterocycles. The molecule has 13 heavy (non-hydrogen) atoms. The molecule has 70 valence electrons. The van der Waals surface area contributed by atoms with Crippen molar-refractivity contribution in [2.75, 3.05) is 0 Å². The number of ketones is 1. The van der Waals surface area contributed by atoms with Crippen LogP contribution in [-0.2, 0) is 0 Å². The van der Waals surface area contributed by atoms with Crippen LogP contribution in [0.2, 0.25) is 0 Å². The number of rotatable bonds is 2. The lowest BCUT2D eigenvalue weighted by atomic mass is 10.0. The fourth-order valence-electron chi connectivity index (χ4n) is 1.13. The predicted molar refractivity (Wildman–Crippen MR) is 51.2 cm³/mol. The van der Waals surface area contributed by atoms with Crippen LogP contribution in [0.3, 0.4) is 0 Å². The van der Waals surface area contributed by atoms with Crippen LogP contribution in [0, 0.1) is 0 Å². The van der Waals surface area contributed by atoms with E-state index in [1.807, 2.05) is 13.8 Å². The maximum atomic E-state index is 11.3. The zero-order valence-corrected chi connectivity index (χ0v) is 8.05. The van der Waals surface area contributed by atoms with Crippen LogP contribution in [0.15, 0.2) is 17.1 Å². The van der Waals surface area contributed by atoms with Gasteiger partial charge in [-0.15, -0.1) is 0 Å². The largest absolute Gasteiger partial charge is 0.328 e. The molecular formula is C10H13NO2. The fraction of sp³-hybridized carbons (Fsp3) is 0.400. The second-order valence-electron chi connectivity index (χ2n) is 3.38. The van der Waals surface area contributed by atoms with Gasteiger partial charge in [-0.2, -0.15) is 0 Å². The first kappa shape index (κ1) is 9.71. The number of H-pyrrole nitrogens is 1. The average molecular weight is 179 g/mol. The lowest BCUT2D eigenvalue weighted by Gasteiger charge is -2.04. The summed E-state index contributed by atoms with van der Waals surface area (Å²) in [6.45, 7) is 5.33. The predicted octanol–water partition coefficient (Wildman–Crippen LogP) is 1.70. The van der Waals surface area contributed by atoms with Crippen molar-refractivity contribution in [1.82, 2.24) is 4.98 Å². The van der Waals surface area contributed by atoms with Crippen molar-refractivity contribution in [3.8, 4) is 0 Å². The number of aromatic nitrogens is 1. The van der Waals surface area contributed by atoms with Crippen LogP contribution in [0.1, 0.15) is 42.6 Å². The molecule has 0 aromatic carbocycles. The van der Waals surface area contributed by atoms with Gasteiger partial charge in [-0.05, 0) is 18.9 Å². The second-order valence-corrected chi connectivity index (χ2v) is 3.38. The molecule has 1 aromatic rings. The van der Waals surface area contributed by atoms with Crippen molar-refractivity contribution in [3.05, 3.63) is 33.7 Å². The van der Waals surface area contributed by atoms with E-state index in [-0.39, 0.29) is 17.3 Å². The van der Waals surface area contributed by atoms with Crippen LogP contribution >= 0.6 is 0 Å². The molecule has 0 unspecified atom stereocenters. The minimum absolute atomic E-state index is 0.0295. The van der Waals surface area contributed by atoms with Crippen LogP contribution in [0.4, 0.5) is 0 Å². The monoisotopic (exact) mass is 179 g/mol. The van der Waals surface area contributed by atoms with Crippen molar-refractivity contribution >= 4 is 5.78 Å². The summed E-state index contributed by atoms with van der Waals surface area (Å²) in [5.41, 5.74) is 1.11. The number of aromatic amines is 1. The molecule has 1 heterocycles. The smallest absolute Gasteiger partial charge is 0.251 e. The van der Waals surface area contributed by atoms with Gasteiger partial charge in [0.1, 0.15) is 0 Å². The summed E-state index contributed by atoms with van der Waals surface area (Å²) in [7, 11) is 0. The second kappa shape index (κ2) is 3.56. The maximum Gasteiger partial charge on any atom is 0.251 e. The highest BCUT2D eigenvalue weighted by Crippen LogP contribution is 2.10. The molecule has 0 saturated heterocycles. The maximum absolute atomic E-state index is 11.3. The van der Waals surface area contributed by atoms with Gasteiger partial charge in [-0.1, -0.05) is 13.8 Å². The van der Waals surface area contributed by atoms with E-state index in [1.165, 1.54) is 13.1 Å². The minimum Gasteiger partial charge on any atom is -0.328 e. The highest BCUT2D eigenvalue weighted by atomic mass is 16.1. The van der Waals surface area contributed by atoms with Crippen molar-refractivity contribution in [2.24, 2.45) is 0 Å². The third-order valence-electron chi connectivity index (χ3n) is 1.96. The summed E-state index contributed by atoms with van der Waals surface area (Å²) in [5, 5.41) is 0. The molecule has 0 atom stereocenters. The van der Waals surface area contributed by atoms with E-state index in [4.69, 9.17) is 0 Å². The van der Waals surface area contributed by atoms with E-state index >= 15 is 0 Å². The Labute approximate surface area is 76.8 Å². The fourth-order valence-corrected chi connectivity index (χ4v) is 1.13. The molecule has 1 rings (SSSR count). The SMILES string of the molecule is CC(=O)c1c[nH]c(=O)c(C(C)C)c1. The van der Waals surface area contributed by atoms with Crippen molar-refractivity contribution in [2.45, 2.75) is 26.7 Å². The lowest BCUT2D eigenvalue weighted by Crippen LogP contribution is -2.14. The number of carbonyl (C=O) groups is 1. The standard InChI is InChI=1S/C10H13NO2/c1-6(2)9-4-8(7(3)12)5-11-10(9)13/h4-6H,1-3H3,(H,11,13). The van der Waals surface area contributed by atoms with Gasteiger partial charge < -0.3 is 4.98 Å². The average Bonchev–Trinajstić information content (AvgIpc) is 2.04. The lowest BCUT2D eigenvalue weighted by molar-refractivity contribution is 0.101.